The minimum atomic E-state index is -0.117. The first-order valence-corrected chi connectivity index (χ1v) is 7.52. The first-order chi connectivity index (χ1) is 10.6. The second-order valence-electron chi connectivity index (χ2n) is 4.35. The summed E-state index contributed by atoms with van der Waals surface area (Å²) in [5, 5.41) is 3.26. The van der Waals surface area contributed by atoms with Crippen LogP contribution in [-0.4, -0.2) is 28.7 Å². The Hall–Kier alpha value is -2.48. The Morgan fingerprint density at radius 2 is 1.95 bits per heavy atom. The molecular weight excluding hydrogens is 302 g/mol. The average molecular weight is 319 g/mol. The standard InChI is InChI=1S/C14H17N5O2S/c1-21-10-5-3-2-4-9(10)17-13(20)6-7-22-14-18-11(15)8-12(16)19-14/h2-5,8H,6-7H2,1H3,(H,17,20)(H4,15,16,18,19). The van der Waals surface area contributed by atoms with E-state index in [1.54, 1.807) is 19.2 Å². The van der Waals surface area contributed by atoms with Crippen LogP contribution < -0.4 is 21.5 Å². The quantitative estimate of drug-likeness (QED) is 0.549. The Kier molecular flexibility index (Phi) is 5.42. The van der Waals surface area contributed by atoms with Gasteiger partial charge in [0.2, 0.25) is 5.91 Å². The predicted molar refractivity (Wildman–Crippen MR) is 87.8 cm³/mol. The number of carbonyl (C=O) groups is 1. The number of hydrogen-bond donors (Lipinski definition) is 3. The number of nitrogen functional groups attached to an aromatic ring is 2. The van der Waals surface area contributed by atoms with Crippen LogP contribution in [0, 0.1) is 0 Å². The van der Waals surface area contributed by atoms with Gasteiger partial charge in [0, 0.05) is 18.2 Å². The van der Waals surface area contributed by atoms with Crippen molar-refractivity contribution in [2.24, 2.45) is 0 Å². The minimum absolute atomic E-state index is 0.117. The molecule has 22 heavy (non-hydrogen) atoms. The van der Waals surface area contributed by atoms with E-state index in [1.165, 1.54) is 17.8 Å². The maximum Gasteiger partial charge on any atom is 0.225 e. The van der Waals surface area contributed by atoms with Gasteiger partial charge in [0.05, 0.1) is 12.8 Å². The number of hydrogen-bond acceptors (Lipinski definition) is 7. The molecule has 0 spiro atoms. The van der Waals surface area contributed by atoms with Gasteiger partial charge in [0.15, 0.2) is 5.16 Å². The molecule has 0 saturated carbocycles. The lowest BCUT2D eigenvalue weighted by Gasteiger charge is -2.09. The van der Waals surface area contributed by atoms with Crippen LogP contribution in [-0.2, 0) is 4.79 Å². The third-order valence-electron chi connectivity index (χ3n) is 2.69. The van der Waals surface area contributed by atoms with Crippen LogP contribution in [0.25, 0.3) is 0 Å². The highest BCUT2D eigenvalue weighted by atomic mass is 32.2. The first-order valence-electron chi connectivity index (χ1n) is 6.54. The zero-order valence-corrected chi connectivity index (χ0v) is 12.9. The second kappa shape index (κ2) is 7.51. The molecule has 0 aliphatic carbocycles. The number of rotatable bonds is 6. The normalized spacial score (nSPS) is 10.2. The number of nitrogens with zero attached hydrogens (tertiary/aromatic N) is 2. The third-order valence-corrected chi connectivity index (χ3v) is 3.54. The summed E-state index contributed by atoms with van der Waals surface area (Å²) in [5.74, 6) is 1.65. The second-order valence-corrected chi connectivity index (χ2v) is 5.41. The molecule has 0 aliphatic heterocycles. The van der Waals surface area contributed by atoms with E-state index in [0.29, 0.717) is 40.4 Å². The lowest BCUT2D eigenvalue weighted by molar-refractivity contribution is -0.115. The number of aromatic nitrogens is 2. The molecule has 1 aromatic heterocycles. The summed E-state index contributed by atoms with van der Waals surface area (Å²) in [5.41, 5.74) is 11.8. The molecular formula is C14H17N5O2S. The van der Waals surface area contributed by atoms with E-state index in [2.05, 4.69) is 15.3 Å². The monoisotopic (exact) mass is 319 g/mol. The molecule has 0 fully saturated rings. The molecule has 5 N–H and O–H groups in total. The van der Waals surface area contributed by atoms with Crippen LogP contribution in [0.15, 0.2) is 35.5 Å². The highest BCUT2D eigenvalue weighted by Crippen LogP contribution is 2.23. The van der Waals surface area contributed by atoms with Crippen molar-refractivity contribution in [2.75, 3.05) is 29.6 Å². The number of amides is 1. The summed E-state index contributed by atoms with van der Waals surface area (Å²) in [6.45, 7) is 0. The number of benzene rings is 1. The van der Waals surface area contributed by atoms with Gasteiger partial charge in [-0.25, -0.2) is 9.97 Å². The predicted octanol–water partition coefficient (Wildman–Crippen LogP) is 1.77. The number of nitrogens with one attached hydrogen (secondary N) is 1. The van der Waals surface area contributed by atoms with E-state index in [1.807, 2.05) is 12.1 Å². The number of anilines is 3. The zero-order valence-electron chi connectivity index (χ0n) is 12.1. The van der Waals surface area contributed by atoms with Gasteiger partial charge in [-0.15, -0.1) is 0 Å². The Morgan fingerprint density at radius 1 is 1.27 bits per heavy atom. The summed E-state index contributed by atoms with van der Waals surface area (Å²) >= 11 is 1.32. The molecule has 0 radical (unpaired) electrons. The topological polar surface area (TPSA) is 116 Å². The molecule has 2 aromatic rings. The maximum absolute atomic E-state index is 11.9. The molecule has 0 saturated heterocycles. The highest BCUT2D eigenvalue weighted by molar-refractivity contribution is 7.99. The SMILES string of the molecule is COc1ccccc1NC(=O)CCSc1nc(N)cc(N)n1. The van der Waals surface area contributed by atoms with Crippen molar-refractivity contribution < 1.29 is 9.53 Å². The van der Waals surface area contributed by atoms with E-state index >= 15 is 0 Å². The average Bonchev–Trinajstić information content (AvgIpc) is 2.46. The van der Waals surface area contributed by atoms with Crippen molar-refractivity contribution in [1.29, 1.82) is 0 Å². The number of para-hydroxylation sites is 2. The molecule has 0 atom stereocenters. The Bertz CT molecular complexity index is 645. The molecule has 7 nitrogen and oxygen atoms in total. The van der Waals surface area contributed by atoms with E-state index in [9.17, 15) is 4.79 Å². The van der Waals surface area contributed by atoms with Crippen molar-refractivity contribution in [3.05, 3.63) is 30.3 Å². The number of nitrogens with two attached hydrogens (primary N) is 2. The zero-order chi connectivity index (χ0) is 15.9. The van der Waals surface area contributed by atoms with Crippen LogP contribution in [0.5, 0.6) is 5.75 Å². The fraction of sp³-hybridized carbons (Fsp3) is 0.214. The Labute approximate surface area is 132 Å². The number of ether oxygens (including phenoxy) is 1. The fourth-order valence-corrected chi connectivity index (χ4v) is 2.53. The number of methoxy groups -OCH3 is 1. The van der Waals surface area contributed by atoms with Crippen LogP contribution in [0.4, 0.5) is 17.3 Å². The smallest absolute Gasteiger partial charge is 0.225 e. The van der Waals surface area contributed by atoms with Crippen LogP contribution in [0.1, 0.15) is 6.42 Å². The minimum Gasteiger partial charge on any atom is -0.495 e. The summed E-state index contributed by atoms with van der Waals surface area (Å²) in [7, 11) is 1.56. The van der Waals surface area contributed by atoms with Crippen molar-refractivity contribution in [1.82, 2.24) is 9.97 Å². The van der Waals surface area contributed by atoms with Gasteiger partial charge < -0.3 is 21.5 Å². The number of carbonyl (C=O) groups excluding carboxylic acids is 1. The molecule has 0 bridgehead atoms. The van der Waals surface area contributed by atoms with Crippen molar-refractivity contribution in [2.45, 2.75) is 11.6 Å². The molecule has 1 heterocycles. The lowest BCUT2D eigenvalue weighted by atomic mass is 10.3. The van der Waals surface area contributed by atoms with E-state index < -0.39 is 0 Å². The summed E-state index contributed by atoms with van der Waals surface area (Å²) in [6, 6.07) is 8.72. The van der Waals surface area contributed by atoms with Gasteiger partial charge in [-0.05, 0) is 12.1 Å². The fourth-order valence-electron chi connectivity index (χ4n) is 1.72. The van der Waals surface area contributed by atoms with Crippen LogP contribution >= 0.6 is 11.8 Å². The maximum atomic E-state index is 11.9. The van der Waals surface area contributed by atoms with Crippen molar-refractivity contribution >= 4 is 35.0 Å². The molecule has 116 valence electrons. The summed E-state index contributed by atoms with van der Waals surface area (Å²) in [6.07, 6.45) is 0.306. The molecule has 8 heteroatoms. The van der Waals surface area contributed by atoms with Gasteiger partial charge in [-0.2, -0.15) is 0 Å². The molecule has 0 unspecified atom stereocenters. The van der Waals surface area contributed by atoms with Crippen molar-refractivity contribution in [3.8, 4) is 5.75 Å². The van der Waals surface area contributed by atoms with Crippen molar-refractivity contribution in [3.63, 3.8) is 0 Å². The van der Waals surface area contributed by atoms with E-state index in [0.717, 1.165) is 0 Å². The largest absolute Gasteiger partial charge is 0.495 e. The molecule has 1 amide bonds. The summed E-state index contributed by atoms with van der Waals surface area (Å²) < 4.78 is 5.18. The third kappa shape index (κ3) is 4.52. The van der Waals surface area contributed by atoms with Crippen LogP contribution in [0.3, 0.4) is 0 Å². The van der Waals surface area contributed by atoms with Gasteiger partial charge in [-0.1, -0.05) is 23.9 Å². The highest BCUT2D eigenvalue weighted by Gasteiger charge is 2.08. The molecule has 1 aromatic carbocycles. The van der Waals surface area contributed by atoms with Gasteiger partial charge in [0.25, 0.3) is 0 Å². The first kappa shape index (κ1) is 15.9. The lowest BCUT2D eigenvalue weighted by Crippen LogP contribution is -2.13. The van der Waals surface area contributed by atoms with E-state index in [-0.39, 0.29) is 5.91 Å². The Balaban J connectivity index is 1.85. The summed E-state index contributed by atoms with van der Waals surface area (Å²) in [4.78, 5) is 20.0. The molecule has 0 aliphatic rings. The van der Waals surface area contributed by atoms with Gasteiger partial charge in [0.1, 0.15) is 17.4 Å². The van der Waals surface area contributed by atoms with Crippen LogP contribution in [0.2, 0.25) is 0 Å². The Morgan fingerprint density at radius 3 is 2.64 bits per heavy atom. The van der Waals surface area contributed by atoms with E-state index in [4.69, 9.17) is 16.2 Å². The van der Waals surface area contributed by atoms with Gasteiger partial charge in [-0.3, -0.25) is 4.79 Å². The van der Waals surface area contributed by atoms with Gasteiger partial charge >= 0.3 is 0 Å². The number of thioether (sulfide) groups is 1. The molecule has 2 rings (SSSR count).